The Bertz CT molecular complexity index is 629. The first-order valence-electron chi connectivity index (χ1n) is 6.23. The van der Waals surface area contributed by atoms with E-state index in [1.165, 1.54) is 17.2 Å². The van der Waals surface area contributed by atoms with Crippen LogP contribution >= 0.6 is 11.8 Å². The van der Waals surface area contributed by atoms with Crippen molar-refractivity contribution in [1.82, 2.24) is 0 Å². The molecule has 0 aromatic heterocycles. The number of nitrogens with two attached hydrogens (primary N) is 1. The van der Waals surface area contributed by atoms with Crippen LogP contribution in [-0.2, 0) is 11.5 Å². The molecule has 0 fully saturated rings. The lowest BCUT2D eigenvalue weighted by atomic mass is 10.1. The number of nitro groups is 1. The molecule has 0 saturated heterocycles. The van der Waals surface area contributed by atoms with Crippen LogP contribution in [0.4, 0.5) is 11.4 Å². The zero-order chi connectivity index (χ0) is 14.5. The van der Waals surface area contributed by atoms with Gasteiger partial charge in [-0.3, -0.25) is 10.1 Å². The molecule has 0 aliphatic heterocycles. The van der Waals surface area contributed by atoms with Crippen LogP contribution in [0.3, 0.4) is 0 Å². The summed E-state index contributed by atoms with van der Waals surface area (Å²) in [5.74, 6) is 1.54. The van der Waals surface area contributed by atoms with Crippen molar-refractivity contribution in [2.45, 2.75) is 18.4 Å². The summed E-state index contributed by atoms with van der Waals surface area (Å²) < 4.78 is 0. The molecular formula is C15H16N2O2S. The Morgan fingerprint density at radius 3 is 2.45 bits per heavy atom. The maximum Gasteiger partial charge on any atom is 0.292 e. The van der Waals surface area contributed by atoms with E-state index >= 15 is 0 Å². The predicted molar refractivity (Wildman–Crippen MR) is 83.7 cm³/mol. The Kier molecular flexibility index (Phi) is 4.63. The maximum absolute atomic E-state index is 10.8. The number of hydrogen-bond donors (Lipinski definition) is 1. The van der Waals surface area contributed by atoms with E-state index in [1.54, 1.807) is 17.8 Å². The molecule has 0 saturated carbocycles. The summed E-state index contributed by atoms with van der Waals surface area (Å²) in [6, 6.07) is 13.2. The molecule has 0 unspecified atom stereocenters. The van der Waals surface area contributed by atoms with Gasteiger partial charge in [-0.05, 0) is 23.6 Å². The third-order valence-corrected chi connectivity index (χ3v) is 4.18. The second-order valence-corrected chi connectivity index (χ2v) is 5.51. The number of nitrogen functional groups attached to an aromatic ring is 1. The normalized spacial score (nSPS) is 10.4. The van der Waals surface area contributed by atoms with Crippen LogP contribution in [0.25, 0.3) is 0 Å². The minimum absolute atomic E-state index is 0.0148. The van der Waals surface area contributed by atoms with Gasteiger partial charge in [0.15, 0.2) is 0 Å². The van der Waals surface area contributed by atoms with Crippen LogP contribution < -0.4 is 5.73 Å². The highest BCUT2D eigenvalue weighted by Gasteiger charge is 2.13. The number of nitrogens with zero attached hydrogens (tertiary/aromatic N) is 1. The molecule has 104 valence electrons. The lowest BCUT2D eigenvalue weighted by Gasteiger charge is -2.07. The average Bonchev–Trinajstić information content (AvgIpc) is 2.42. The quantitative estimate of drug-likeness (QED) is 0.514. The van der Waals surface area contributed by atoms with E-state index in [1.807, 2.05) is 18.2 Å². The number of nitro benzene ring substituents is 1. The molecule has 0 aliphatic rings. The van der Waals surface area contributed by atoms with Gasteiger partial charge in [0.05, 0.1) is 4.92 Å². The fourth-order valence-electron chi connectivity index (χ4n) is 1.93. The van der Waals surface area contributed by atoms with E-state index in [4.69, 9.17) is 5.73 Å². The molecule has 2 aromatic rings. The summed E-state index contributed by atoms with van der Waals surface area (Å²) in [6.45, 7) is 2.08. The fraction of sp³-hybridized carbons (Fsp3) is 0.200. The molecule has 0 spiro atoms. The van der Waals surface area contributed by atoms with Gasteiger partial charge in [-0.2, -0.15) is 11.8 Å². The minimum atomic E-state index is -0.440. The summed E-state index contributed by atoms with van der Waals surface area (Å²) in [4.78, 5) is 10.4. The molecule has 2 N–H and O–H groups in total. The van der Waals surface area contributed by atoms with Gasteiger partial charge >= 0.3 is 0 Å². The third-order valence-electron chi connectivity index (χ3n) is 3.15. The van der Waals surface area contributed by atoms with Gasteiger partial charge in [-0.25, -0.2) is 0 Å². The first kappa shape index (κ1) is 14.4. The summed E-state index contributed by atoms with van der Waals surface area (Å²) in [6.07, 6.45) is 0. The number of anilines is 1. The standard InChI is InChI=1S/C15H16N2O2S/c1-11-5-2-3-6-12(11)9-20-10-13-7-4-8-14(15(13)16)17(18)19/h2-8H,9-10,16H2,1H3. The molecule has 5 heteroatoms. The molecule has 2 aromatic carbocycles. The highest BCUT2D eigenvalue weighted by molar-refractivity contribution is 7.97. The van der Waals surface area contributed by atoms with Crippen LogP contribution in [0.2, 0.25) is 0 Å². The second-order valence-electron chi connectivity index (χ2n) is 4.53. The van der Waals surface area contributed by atoms with Crippen molar-refractivity contribution in [2.24, 2.45) is 0 Å². The van der Waals surface area contributed by atoms with Gasteiger partial charge in [-0.15, -0.1) is 0 Å². The fourth-order valence-corrected chi connectivity index (χ4v) is 3.05. The van der Waals surface area contributed by atoms with E-state index in [2.05, 4.69) is 19.1 Å². The van der Waals surface area contributed by atoms with Gasteiger partial charge < -0.3 is 5.73 Å². The van der Waals surface area contributed by atoms with E-state index in [-0.39, 0.29) is 11.4 Å². The molecule has 0 bridgehead atoms. The summed E-state index contributed by atoms with van der Waals surface area (Å²) >= 11 is 1.71. The Morgan fingerprint density at radius 2 is 1.75 bits per heavy atom. The Hall–Kier alpha value is -2.01. The molecule has 4 nitrogen and oxygen atoms in total. The highest BCUT2D eigenvalue weighted by Crippen LogP contribution is 2.29. The summed E-state index contributed by atoms with van der Waals surface area (Å²) in [7, 11) is 0. The van der Waals surface area contributed by atoms with Crippen LogP contribution in [0, 0.1) is 17.0 Å². The molecule has 2 rings (SSSR count). The summed E-state index contributed by atoms with van der Waals surface area (Å²) in [5, 5.41) is 10.8. The van der Waals surface area contributed by atoms with Crippen molar-refractivity contribution in [1.29, 1.82) is 0 Å². The number of rotatable bonds is 5. The third kappa shape index (κ3) is 3.30. The predicted octanol–water partition coefficient (Wildman–Crippen LogP) is 3.92. The van der Waals surface area contributed by atoms with Crippen molar-refractivity contribution in [3.05, 3.63) is 69.3 Å². The van der Waals surface area contributed by atoms with E-state index in [9.17, 15) is 10.1 Å². The van der Waals surface area contributed by atoms with Gasteiger partial charge in [-0.1, -0.05) is 36.4 Å². The first-order valence-corrected chi connectivity index (χ1v) is 7.39. The Morgan fingerprint density at radius 1 is 1.10 bits per heavy atom. The smallest absolute Gasteiger partial charge is 0.292 e. The largest absolute Gasteiger partial charge is 0.393 e. The lowest BCUT2D eigenvalue weighted by Crippen LogP contribution is -1.99. The Balaban J connectivity index is 2.03. The van der Waals surface area contributed by atoms with Crippen LogP contribution in [0.1, 0.15) is 16.7 Å². The Labute approximate surface area is 122 Å². The lowest BCUT2D eigenvalue weighted by molar-refractivity contribution is -0.383. The van der Waals surface area contributed by atoms with Crippen LogP contribution in [0.15, 0.2) is 42.5 Å². The van der Waals surface area contributed by atoms with Gasteiger partial charge in [0.2, 0.25) is 0 Å². The topological polar surface area (TPSA) is 69.2 Å². The maximum atomic E-state index is 10.8. The first-order chi connectivity index (χ1) is 9.59. The number of aryl methyl sites for hydroxylation is 1. The molecule has 0 radical (unpaired) electrons. The van der Waals surface area contributed by atoms with Crippen molar-refractivity contribution >= 4 is 23.1 Å². The molecular weight excluding hydrogens is 272 g/mol. The SMILES string of the molecule is Cc1ccccc1CSCc1cccc([N+](=O)[O-])c1N. The number of thioether (sulfide) groups is 1. The van der Waals surface area contributed by atoms with Crippen LogP contribution in [0.5, 0.6) is 0 Å². The molecule has 0 aliphatic carbocycles. The van der Waals surface area contributed by atoms with Crippen molar-refractivity contribution < 1.29 is 4.92 Å². The van der Waals surface area contributed by atoms with E-state index in [0.717, 1.165) is 11.3 Å². The van der Waals surface area contributed by atoms with Crippen molar-refractivity contribution in [3.8, 4) is 0 Å². The zero-order valence-corrected chi connectivity index (χ0v) is 12.0. The second kappa shape index (κ2) is 6.43. The van der Waals surface area contributed by atoms with Crippen LogP contribution in [-0.4, -0.2) is 4.92 Å². The van der Waals surface area contributed by atoms with Gasteiger partial charge in [0, 0.05) is 17.6 Å². The molecule has 0 heterocycles. The van der Waals surface area contributed by atoms with Crippen molar-refractivity contribution in [3.63, 3.8) is 0 Å². The van der Waals surface area contributed by atoms with E-state index < -0.39 is 4.92 Å². The number of para-hydroxylation sites is 1. The molecule has 20 heavy (non-hydrogen) atoms. The molecule has 0 atom stereocenters. The monoisotopic (exact) mass is 288 g/mol. The van der Waals surface area contributed by atoms with Crippen molar-refractivity contribution in [2.75, 3.05) is 5.73 Å². The average molecular weight is 288 g/mol. The van der Waals surface area contributed by atoms with Gasteiger partial charge in [0.1, 0.15) is 5.69 Å². The number of hydrogen-bond acceptors (Lipinski definition) is 4. The zero-order valence-electron chi connectivity index (χ0n) is 11.2. The highest BCUT2D eigenvalue weighted by atomic mass is 32.2. The van der Waals surface area contributed by atoms with Gasteiger partial charge in [0.25, 0.3) is 5.69 Å². The molecule has 0 amide bonds. The minimum Gasteiger partial charge on any atom is -0.393 e. The van der Waals surface area contributed by atoms with E-state index in [0.29, 0.717) is 5.75 Å². The summed E-state index contributed by atoms with van der Waals surface area (Å²) in [5.41, 5.74) is 9.45. The number of benzene rings is 2.